The summed E-state index contributed by atoms with van der Waals surface area (Å²) in [4.78, 5) is 2.53. The Bertz CT molecular complexity index is 397. The van der Waals surface area contributed by atoms with Gasteiger partial charge in [0, 0.05) is 18.6 Å². The van der Waals surface area contributed by atoms with Crippen LogP contribution in [0.2, 0.25) is 0 Å². The zero-order valence-corrected chi connectivity index (χ0v) is 13.9. The summed E-state index contributed by atoms with van der Waals surface area (Å²) in [5.74, 6) is 0.881. The molecule has 0 aliphatic heterocycles. The standard InChI is InChI=1S/C19H32N2/c1-19(16-20,14-13-17-9-5-3-6-10-17)21(2)15-18-11-7-4-8-12-18/h3,5-6,9-10,18H,4,7-8,11-16,20H2,1-2H3. The van der Waals surface area contributed by atoms with E-state index in [1.165, 1.54) is 44.2 Å². The van der Waals surface area contributed by atoms with Crippen LogP contribution < -0.4 is 5.73 Å². The van der Waals surface area contributed by atoms with Gasteiger partial charge in [-0.2, -0.15) is 0 Å². The lowest BCUT2D eigenvalue weighted by atomic mass is 9.86. The van der Waals surface area contributed by atoms with Crippen LogP contribution in [-0.2, 0) is 6.42 Å². The van der Waals surface area contributed by atoms with E-state index in [4.69, 9.17) is 5.73 Å². The van der Waals surface area contributed by atoms with Crippen molar-refractivity contribution >= 4 is 0 Å². The van der Waals surface area contributed by atoms with E-state index in [2.05, 4.69) is 49.2 Å². The molecule has 2 nitrogen and oxygen atoms in total. The third-order valence-electron chi connectivity index (χ3n) is 5.41. The van der Waals surface area contributed by atoms with Gasteiger partial charge < -0.3 is 5.73 Å². The Morgan fingerprint density at radius 2 is 1.81 bits per heavy atom. The molecular weight excluding hydrogens is 256 g/mol. The predicted octanol–water partition coefficient (Wildman–Crippen LogP) is 3.85. The molecular formula is C19H32N2. The number of nitrogens with zero attached hydrogens (tertiary/aromatic N) is 1. The molecule has 1 aromatic rings. The van der Waals surface area contributed by atoms with Crippen LogP contribution in [0.4, 0.5) is 0 Å². The molecule has 0 amide bonds. The van der Waals surface area contributed by atoms with Crippen molar-refractivity contribution in [3.8, 4) is 0 Å². The van der Waals surface area contributed by atoms with Crippen LogP contribution in [0.25, 0.3) is 0 Å². The van der Waals surface area contributed by atoms with Crippen LogP contribution >= 0.6 is 0 Å². The van der Waals surface area contributed by atoms with Crippen molar-refractivity contribution in [1.82, 2.24) is 4.90 Å². The molecule has 2 N–H and O–H groups in total. The third kappa shape index (κ3) is 4.82. The van der Waals surface area contributed by atoms with Gasteiger partial charge in [-0.15, -0.1) is 0 Å². The van der Waals surface area contributed by atoms with E-state index in [1.54, 1.807) is 0 Å². The molecule has 0 radical (unpaired) electrons. The first-order valence-corrected chi connectivity index (χ1v) is 8.59. The Kier molecular flexibility index (Phi) is 6.25. The van der Waals surface area contributed by atoms with Crippen LogP contribution in [0, 0.1) is 5.92 Å². The number of benzene rings is 1. The molecule has 1 unspecified atom stereocenters. The Labute approximate surface area is 130 Å². The topological polar surface area (TPSA) is 29.3 Å². The molecule has 0 bridgehead atoms. The van der Waals surface area contributed by atoms with Crippen molar-refractivity contribution in [2.24, 2.45) is 11.7 Å². The van der Waals surface area contributed by atoms with Crippen LogP contribution in [0.15, 0.2) is 30.3 Å². The molecule has 2 heteroatoms. The number of hydrogen-bond acceptors (Lipinski definition) is 2. The number of hydrogen-bond donors (Lipinski definition) is 1. The van der Waals surface area contributed by atoms with Crippen LogP contribution in [0.1, 0.15) is 51.0 Å². The first-order valence-electron chi connectivity index (χ1n) is 8.59. The van der Waals surface area contributed by atoms with Gasteiger partial charge in [-0.3, -0.25) is 4.90 Å². The second-order valence-electron chi connectivity index (χ2n) is 7.07. The summed E-state index contributed by atoms with van der Waals surface area (Å²) in [7, 11) is 2.27. The minimum Gasteiger partial charge on any atom is -0.329 e. The SMILES string of the molecule is CN(CC1CCCCC1)C(C)(CN)CCc1ccccc1. The zero-order chi connectivity index (χ0) is 15.1. The molecule has 1 aliphatic carbocycles. The fraction of sp³-hybridized carbons (Fsp3) is 0.684. The molecule has 1 aromatic carbocycles. The number of likely N-dealkylation sites (N-methyl/N-ethyl adjacent to an activating group) is 1. The molecule has 1 fully saturated rings. The van der Waals surface area contributed by atoms with E-state index >= 15 is 0 Å². The molecule has 1 aliphatic rings. The lowest BCUT2D eigenvalue weighted by molar-refractivity contribution is 0.103. The largest absolute Gasteiger partial charge is 0.329 e. The molecule has 2 rings (SSSR count). The summed E-state index contributed by atoms with van der Waals surface area (Å²) in [6.45, 7) is 4.28. The predicted molar refractivity (Wildman–Crippen MR) is 91.4 cm³/mol. The monoisotopic (exact) mass is 288 g/mol. The van der Waals surface area contributed by atoms with Gasteiger partial charge in [-0.1, -0.05) is 49.6 Å². The maximum absolute atomic E-state index is 6.14. The maximum Gasteiger partial charge on any atom is 0.0303 e. The molecule has 1 saturated carbocycles. The van der Waals surface area contributed by atoms with Gasteiger partial charge in [0.05, 0.1) is 0 Å². The minimum atomic E-state index is 0.118. The number of nitrogens with two attached hydrogens (primary N) is 1. The smallest absolute Gasteiger partial charge is 0.0303 e. The zero-order valence-electron chi connectivity index (χ0n) is 13.9. The summed E-state index contributed by atoms with van der Waals surface area (Å²) >= 11 is 0. The second kappa shape index (κ2) is 7.95. The van der Waals surface area contributed by atoms with Gasteiger partial charge in [0.15, 0.2) is 0 Å². The van der Waals surface area contributed by atoms with Gasteiger partial charge in [-0.25, -0.2) is 0 Å². The van der Waals surface area contributed by atoms with E-state index in [-0.39, 0.29) is 5.54 Å². The quantitative estimate of drug-likeness (QED) is 0.826. The number of aryl methyl sites for hydroxylation is 1. The highest BCUT2D eigenvalue weighted by atomic mass is 15.2. The molecule has 0 saturated heterocycles. The third-order valence-corrected chi connectivity index (χ3v) is 5.41. The van der Waals surface area contributed by atoms with E-state index in [0.717, 1.165) is 25.3 Å². The van der Waals surface area contributed by atoms with Gasteiger partial charge in [0.1, 0.15) is 0 Å². The molecule has 0 spiro atoms. The number of rotatable bonds is 7. The fourth-order valence-electron chi connectivity index (χ4n) is 3.48. The van der Waals surface area contributed by atoms with Gasteiger partial charge >= 0.3 is 0 Å². The van der Waals surface area contributed by atoms with Crippen molar-refractivity contribution in [2.75, 3.05) is 20.1 Å². The van der Waals surface area contributed by atoms with Crippen LogP contribution in [-0.4, -0.2) is 30.6 Å². The van der Waals surface area contributed by atoms with Crippen molar-refractivity contribution in [3.05, 3.63) is 35.9 Å². The summed E-state index contributed by atoms with van der Waals surface area (Å²) in [5, 5.41) is 0. The normalized spacial score (nSPS) is 19.6. The van der Waals surface area contributed by atoms with E-state index in [9.17, 15) is 0 Å². The molecule has 0 aromatic heterocycles. The van der Waals surface area contributed by atoms with E-state index in [1.807, 2.05) is 0 Å². The van der Waals surface area contributed by atoms with Gasteiger partial charge in [-0.05, 0) is 51.1 Å². The van der Waals surface area contributed by atoms with Crippen molar-refractivity contribution in [2.45, 2.75) is 57.4 Å². The van der Waals surface area contributed by atoms with Crippen molar-refractivity contribution < 1.29 is 0 Å². The fourth-order valence-corrected chi connectivity index (χ4v) is 3.48. The van der Waals surface area contributed by atoms with Crippen LogP contribution in [0.5, 0.6) is 0 Å². The molecule has 1 atom stereocenters. The van der Waals surface area contributed by atoms with Crippen molar-refractivity contribution in [1.29, 1.82) is 0 Å². The van der Waals surface area contributed by atoms with Crippen LogP contribution in [0.3, 0.4) is 0 Å². The van der Waals surface area contributed by atoms with Gasteiger partial charge in [0.2, 0.25) is 0 Å². The summed E-state index contributed by atoms with van der Waals surface area (Å²) in [6.07, 6.45) is 9.33. The highest BCUT2D eigenvalue weighted by Gasteiger charge is 2.29. The average molecular weight is 288 g/mol. The highest BCUT2D eigenvalue weighted by molar-refractivity contribution is 5.15. The molecule has 21 heavy (non-hydrogen) atoms. The minimum absolute atomic E-state index is 0.118. The maximum atomic E-state index is 6.14. The first kappa shape index (κ1) is 16.5. The van der Waals surface area contributed by atoms with Crippen molar-refractivity contribution in [3.63, 3.8) is 0 Å². The molecule has 118 valence electrons. The Balaban J connectivity index is 1.88. The Morgan fingerprint density at radius 3 is 2.43 bits per heavy atom. The Hall–Kier alpha value is -0.860. The van der Waals surface area contributed by atoms with Gasteiger partial charge in [0.25, 0.3) is 0 Å². The summed E-state index contributed by atoms with van der Waals surface area (Å²) in [5.41, 5.74) is 7.67. The van der Waals surface area contributed by atoms with E-state index in [0.29, 0.717) is 0 Å². The Morgan fingerprint density at radius 1 is 1.14 bits per heavy atom. The average Bonchev–Trinajstić information content (AvgIpc) is 2.54. The molecule has 0 heterocycles. The highest BCUT2D eigenvalue weighted by Crippen LogP contribution is 2.27. The lowest BCUT2D eigenvalue weighted by Crippen LogP contribution is -2.51. The summed E-state index contributed by atoms with van der Waals surface area (Å²) in [6, 6.07) is 10.8. The first-order chi connectivity index (χ1) is 10.1. The summed E-state index contributed by atoms with van der Waals surface area (Å²) < 4.78 is 0. The second-order valence-corrected chi connectivity index (χ2v) is 7.07. The van der Waals surface area contributed by atoms with E-state index < -0.39 is 0 Å². The lowest BCUT2D eigenvalue weighted by Gasteiger charge is -2.41.